The summed E-state index contributed by atoms with van der Waals surface area (Å²) in [5, 5.41) is 0. The Hall–Kier alpha value is -1.65. The summed E-state index contributed by atoms with van der Waals surface area (Å²) in [6.45, 7) is 0.559. The molecule has 5 heteroatoms. The van der Waals surface area contributed by atoms with E-state index in [0.717, 1.165) is 0 Å². The Labute approximate surface area is 94.0 Å². The van der Waals surface area contributed by atoms with E-state index >= 15 is 0 Å². The molecular weight excluding hydrogens is 211 g/mol. The van der Waals surface area contributed by atoms with Crippen molar-refractivity contribution in [1.29, 1.82) is 0 Å². The van der Waals surface area contributed by atoms with Crippen molar-refractivity contribution in [2.75, 3.05) is 25.6 Å². The number of nitrogens with zero attached hydrogens (tertiary/aromatic N) is 2. The van der Waals surface area contributed by atoms with Crippen molar-refractivity contribution < 1.29 is 13.9 Å². The lowest BCUT2D eigenvalue weighted by Gasteiger charge is -2.17. The second-order valence-corrected chi connectivity index (χ2v) is 3.41. The van der Waals surface area contributed by atoms with Crippen molar-refractivity contribution in [1.82, 2.24) is 4.98 Å². The van der Waals surface area contributed by atoms with E-state index in [2.05, 4.69) is 9.72 Å². The zero-order valence-electron chi connectivity index (χ0n) is 9.44. The lowest BCUT2D eigenvalue weighted by molar-refractivity contribution is -0.140. The number of pyridine rings is 1. The van der Waals surface area contributed by atoms with Crippen LogP contribution in [0.1, 0.15) is 12.8 Å². The van der Waals surface area contributed by atoms with Crippen LogP contribution in [0.5, 0.6) is 0 Å². The Morgan fingerprint density at radius 2 is 2.38 bits per heavy atom. The van der Waals surface area contributed by atoms with Crippen LogP contribution < -0.4 is 4.90 Å². The van der Waals surface area contributed by atoms with E-state index in [9.17, 15) is 9.18 Å². The lowest BCUT2D eigenvalue weighted by Crippen LogP contribution is -2.21. The number of esters is 1. The highest BCUT2D eigenvalue weighted by molar-refractivity contribution is 5.69. The van der Waals surface area contributed by atoms with Gasteiger partial charge in [-0.25, -0.2) is 9.37 Å². The van der Waals surface area contributed by atoms with Crippen molar-refractivity contribution >= 4 is 11.8 Å². The van der Waals surface area contributed by atoms with Gasteiger partial charge in [-0.2, -0.15) is 0 Å². The Kier molecular flexibility index (Phi) is 4.69. The van der Waals surface area contributed by atoms with Crippen molar-refractivity contribution in [3.8, 4) is 0 Å². The number of methoxy groups -OCH3 is 1. The molecule has 0 atom stereocenters. The summed E-state index contributed by atoms with van der Waals surface area (Å²) < 4.78 is 17.8. The van der Waals surface area contributed by atoms with Gasteiger partial charge in [0.15, 0.2) is 11.6 Å². The average Bonchev–Trinajstić information content (AvgIpc) is 2.29. The lowest BCUT2D eigenvalue weighted by atomic mass is 10.3. The van der Waals surface area contributed by atoms with E-state index in [1.165, 1.54) is 19.4 Å². The van der Waals surface area contributed by atoms with Gasteiger partial charge in [-0.15, -0.1) is 0 Å². The first kappa shape index (κ1) is 12.4. The predicted molar refractivity (Wildman–Crippen MR) is 58.7 cm³/mol. The molecule has 0 unspecified atom stereocenters. The minimum atomic E-state index is -0.358. The molecular formula is C11H15FN2O2. The minimum absolute atomic E-state index is 0.255. The summed E-state index contributed by atoms with van der Waals surface area (Å²) >= 11 is 0. The van der Waals surface area contributed by atoms with Crippen LogP contribution in [-0.2, 0) is 9.53 Å². The third-order valence-electron chi connectivity index (χ3n) is 2.20. The molecule has 1 rings (SSSR count). The first-order valence-electron chi connectivity index (χ1n) is 5.03. The molecule has 4 nitrogen and oxygen atoms in total. The van der Waals surface area contributed by atoms with Gasteiger partial charge in [0, 0.05) is 26.2 Å². The summed E-state index contributed by atoms with van der Waals surface area (Å²) in [5.74, 6) is -0.315. The van der Waals surface area contributed by atoms with Gasteiger partial charge in [0.1, 0.15) is 0 Å². The molecule has 88 valence electrons. The van der Waals surface area contributed by atoms with Crippen LogP contribution in [0.4, 0.5) is 10.2 Å². The van der Waals surface area contributed by atoms with E-state index in [1.807, 2.05) is 0 Å². The van der Waals surface area contributed by atoms with Crippen LogP contribution >= 0.6 is 0 Å². The first-order valence-corrected chi connectivity index (χ1v) is 5.03. The minimum Gasteiger partial charge on any atom is -0.469 e. The Bertz CT molecular complexity index is 358. The first-order chi connectivity index (χ1) is 7.65. The Morgan fingerprint density at radius 3 is 3.00 bits per heavy atom. The number of hydrogen-bond acceptors (Lipinski definition) is 4. The van der Waals surface area contributed by atoms with Gasteiger partial charge >= 0.3 is 5.97 Å². The largest absolute Gasteiger partial charge is 0.469 e. The molecule has 0 saturated heterocycles. The van der Waals surface area contributed by atoms with Crippen molar-refractivity contribution in [3.05, 3.63) is 24.1 Å². The van der Waals surface area contributed by atoms with E-state index in [4.69, 9.17) is 0 Å². The summed E-state index contributed by atoms with van der Waals surface area (Å²) in [6, 6.07) is 2.90. The molecule has 0 N–H and O–H groups in total. The topological polar surface area (TPSA) is 42.4 Å². The van der Waals surface area contributed by atoms with E-state index in [1.54, 1.807) is 18.0 Å². The van der Waals surface area contributed by atoms with Crippen LogP contribution in [0.2, 0.25) is 0 Å². The van der Waals surface area contributed by atoms with E-state index < -0.39 is 0 Å². The summed E-state index contributed by atoms with van der Waals surface area (Å²) in [7, 11) is 3.09. The van der Waals surface area contributed by atoms with Gasteiger partial charge in [0.05, 0.1) is 7.11 Å². The maximum atomic E-state index is 13.3. The highest BCUT2D eigenvalue weighted by Crippen LogP contribution is 2.13. The molecule has 0 amide bonds. The normalized spacial score (nSPS) is 9.94. The number of halogens is 1. The number of carbonyl (C=O) groups excluding carboxylic acids is 1. The number of hydrogen-bond donors (Lipinski definition) is 0. The molecule has 0 bridgehead atoms. The standard InChI is InChI=1S/C11H15FN2O2/c1-14(8-4-6-10(15)16-2)11-9(12)5-3-7-13-11/h3,5,7H,4,6,8H2,1-2H3. The Balaban J connectivity index is 2.44. The van der Waals surface area contributed by atoms with Crippen molar-refractivity contribution in [2.24, 2.45) is 0 Å². The van der Waals surface area contributed by atoms with Crippen LogP contribution in [0, 0.1) is 5.82 Å². The molecule has 0 aliphatic rings. The van der Waals surface area contributed by atoms with Crippen molar-refractivity contribution in [3.63, 3.8) is 0 Å². The fraction of sp³-hybridized carbons (Fsp3) is 0.455. The predicted octanol–water partition coefficient (Wildman–Crippen LogP) is 1.61. The highest BCUT2D eigenvalue weighted by atomic mass is 19.1. The zero-order valence-corrected chi connectivity index (χ0v) is 9.44. The number of rotatable bonds is 5. The molecule has 1 aromatic rings. The summed E-state index contributed by atoms with van der Waals surface area (Å²) in [5.41, 5.74) is 0. The number of carbonyl (C=O) groups is 1. The average molecular weight is 226 g/mol. The third-order valence-corrected chi connectivity index (χ3v) is 2.20. The van der Waals surface area contributed by atoms with Crippen LogP contribution in [0.25, 0.3) is 0 Å². The second kappa shape index (κ2) is 6.05. The van der Waals surface area contributed by atoms with Crippen LogP contribution in [0.15, 0.2) is 18.3 Å². The molecule has 0 aliphatic heterocycles. The maximum Gasteiger partial charge on any atom is 0.305 e. The molecule has 0 saturated carbocycles. The SMILES string of the molecule is COC(=O)CCCN(C)c1ncccc1F. The fourth-order valence-electron chi connectivity index (χ4n) is 1.33. The molecule has 1 heterocycles. The zero-order chi connectivity index (χ0) is 12.0. The number of aromatic nitrogens is 1. The van der Waals surface area contributed by atoms with Gasteiger partial charge in [-0.05, 0) is 18.6 Å². The van der Waals surface area contributed by atoms with Gasteiger partial charge in [0.2, 0.25) is 0 Å². The smallest absolute Gasteiger partial charge is 0.305 e. The van der Waals surface area contributed by atoms with Gasteiger partial charge in [-0.1, -0.05) is 0 Å². The Morgan fingerprint density at radius 1 is 1.62 bits per heavy atom. The highest BCUT2D eigenvalue weighted by Gasteiger charge is 2.08. The van der Waals surface area contributed by atoms with E-state index in [0.29, 0.717) is 25.2 Å². The fourth-order valence-corrected chi connectivity index (χ4v) is 1.33. The molecule has 16 heavy (non-hydrogen) atoms. The summed E-state index contributed by atoms with van der Waals surface area (Å²) in [6.07, 6.45) is 2.48. The quantitative estimate of drug-likeness (QED) is 0.715. The van der Waals surface area contributed by atoms with Gasteiger partial charge < -0.3 is 9.64 Å². The molecule has 0 aliphatic carbocycles. The van der Waals surface area contributed by atoms with Crippen LogP contribution in [0.3, 0.4) is 0 Å². The number of ether oxygens (including phenoxy) is 1. The van der Waals surface area contributed by atoms with Gasteiger partial charge in [-0.3, -0.25) is 4.79 Å². The molecule has 0 radical (unpaired) electrons. The molecule has 1 aromatic heterocycles. The molecule has 0 fully saturated rings. The number of anilines is 1. The molecule has 0 aromatic carbocycles. The van der Waals surface area contributed by atoms with Gasteiger partial charge in [0.25, 0.3) is 0 Å². The molecule has 0 spiro atoms. The second-order valence-electron chi connectivity index (χ2n) is 3.41. The van der Waals surface area contributed by atoms with Crippen LogP contribution in [-0.4, -0.2) is 31.7 Å². The third kappa shape index (κ3) is 3.49. The van der Waals surface area contributed by atoms with Crippen molar-refractivity contribution in [2.45, 2.75) is 12.8 Å². The summed E-state index contributed by atoms with van der Waals surface area (Å²) in [4.78, 5) is 16.5. The maximum absolute atomic E-state index is 13.3. The van der Waals surface area contributed by atoms with E-state index in [-0.39, 0.29) is 11.8 Å². The monoisotopic (exact) mass is 226 g/mol.